The molecule has 102 valence electrons. The number of unbranched alkanes of at least 4 members (excludes halogenated alkanes) is 1. The zero-order valence-corrected chi connectivity index (χ0v) is 10.8. The number of carbonyl (C=O) groups is 3. The van der Waals surface area contributed by atoms with Gasteiger partial charge in [-0.2, -0.15) is 5.06 Å². The molecule has 1 heterocycles. The first-order valence-electron chi connectivity index (χ1n) is 6.14. The van der Waals surface area contributed by atoms with Crippen molar-refractivity contribution in [1.29, 1.82) is 0 Å². The second kappa shape index (κ2) is 7.23. The van der Waals surface area contributed by atoms with Gasteiger partial charge in [-0.1, -0.05) is 13.3 Å². The normalized spacial score (nSPS) is 17.3. The van der Waals surface area contributed by atoms with E-state index in [-0.39, 0.29) is 25.2 Å². The van der Waals surface area contributed by atoms with Crippen molar-refractivity contribution in [3.8, 4) is 0 Å². The standard InChI is InChI=1S/C12H19NO5/c1-3-4-5-9(14)10(8-17-2)18-13-11(15)6-7-12(13)16/h10H,3-8H2,1-2H3. The predicted octanol–water partition coefficient (Wildman–Crippen LogP) is 0.841. The van der Waals surface area contributed by atoms with Crippen LogP contribution in [-0.4, -0.2) is 42.5 Å². The van der Waals surface area contributed by atoms with E-state index in [0.717, 1.165) is 12.8 Å². The molecule has 0 spiro atoms. The number of carbonyl (C=O) groups excluding carboxylic acids is 3. The minimum absolute atomic E-state index is 0.0413. The third kappa shape index (κ3) is 3.89. The van der Waals surface area contributed by atoms with E-state index in [4.69, 9.17) is 9.57 Å². The van der Waals surface area contributed by atoms with Crippen LogP contribution in [0.3, 0.4) is 0 Å². The van der Waals surface area contributed by atoms with Crippen molar-refractivity contribution in [3.05, 3.63) is 0 Å². The molecule has 0 aromatic rings. The monoisotopic (exact) mass is 257 g/mol. The van der Waals surface area contributed by atoms with E-state index in [1.165, 1.54) is 7.11 Å². The van der Waals surface area contributed by atoms with Crippen LogP contribution in [0.2, 0.25) is 0 Å². The van der Waals surface area contributed by atoms with Crippen LogP contribution in [0.5, 0.6) is 0 Å². The minimum Gasteiger partial charge on any atom is -0.381 e. The largest absolute Gasteiger partial charge is 0.381 e. The summed E-state index contributed by atoms with van der Waals surface area (Å²) in [5, 5.41) is 0.702. The lowest BCUT2D eigenvalue weighted by Crippen LogP contribution is -2.40. The summed E-state index contributed by atoms with van der Waals surface area (Å²) in [6, 6.07) is 0. The summed E-state index contributed by atoms with van der Waals surface area (Å²) in [6.45, 7) is 2.02. The Balaban J connectivity index is 2.58. The second-order valence-electron chi connectivity index (χ2n) is 4.20. The SMILES string of the molecule is CCCCC(=O)C(COC)ON1C(=O)CCC1=O. The van der Waals surface area contributed by atoms with E-state index in [9.17, 15) is 14.4 Å². The van der Waals surface area contributed by atoms with Gasteiger partial charge in [-0.05, 0) is 6.42 Å². The first kappa shape index (κ1) is 14.8. The van der Waals surface area contributed by atoms with Crippen LogP contribution in [0.1, 0.15) is 39.0 Å². The lowest BCUT2D eigenvalue weighted by molar-refractivity contribution is -0.207. The summed E-state index contributed by atoms with van der Waals surface area (Å²) in [4.78, 5) is 39.8. The molecule has 0 aromatic heterocycles. The highest BCUT2D eigenvalue weighted by atomic mass is 16.7. The number of hydroxylamine groups is 2. The zero-order valence-electron chi connectivity index (χ0n) is 10.8. The van der Waals surface area contributed by atoms with E-state index < -0.39 is 17.9 Å². The molecule has 1 rings (SSSR count). The Labute approximate surface area is 106 Å². The zero-order chi connectivity index (χ0) is 13.5. The molecule has 1 atom stereocenters. The van der Waals surface area contributed by atoms with E-state index in [0.29, 0.717) is 11.5 Å². The number of rotatable bonds is 8. The van der Waals surface area contributed by atoms with Gasteiger partial charge in [0.1, 0.15) is 0 Å². The molecule has 0 radical (unpaired) electrons. The Morgan fingerprint density at radius 2 is 1.94 bits per heavy atom. The number of methoxy groups -OCH3 is 1. The fraction of sp³-hybridized carbons (Fsp3) is 0.750. The van der Waals surface area contributed by atoms with Gasteiger partial charge < -0.3 is 4.74 Å². The fourth-order valence-electron chi connectivity index (χ4n) is 1.65. The molecule has 1 aliphatic rings. The van der Waals surface area contributed by atoms with Crippen molar-refractivity contribution >= 4 is 17.6 Å². The van der Waals surface area contributed by atoms with E-state index in [1.54, 1.807) is 0 Å². The first-order valence-corrected chi connectivity index (χ1v) is 6.14. The molecule has 6 heteroatoms. The molecule has 0 aliphatic carbocycles. The second-order valence-corrected chi connectivity index (χ2v) is 4.20. The van der Waals surface area contributed by atoms with Crippen molar-refractivity contribution in [3.63, 3.8) is 0 Å². The quantitative estimate of drug-likeness (QED) is 0.602. The summed E-state index contributed by atoms with van der Waals surface area (Å²) in [5.74, 6) is -0.944. The molecule has 2 amide bonds. The van der Waals surface area contributed by atoms with Crippen LogP contribution < -0.4 is 0 Å². The third-order valence-electron chi connectivity index (χ3n) is 2.69. The average Bonchev–Trinajstić information content (AvgIpc) is 2.66. The molecule has 1 fully saturated rings. The van der Waals surface area contributed by atoms with Gasteiger partial charge >= 0.3 is 0 Å². The number of ketones is 1. The molecule has 0 N–H and O–H groups in total. The average molecular weight is 257 g/mol. The van der Waals surface area contributed by atoms with Crippen LogP contribution in [0.25, 0.3) is 0 Å². The van der Waals surface area contributed by atoms with Crippen LogP contribution in [0.4, 0.5) is 0 Å². The Bertz CT molecular complexity index is 312. The van der Waals surface area contributed by atoms with Crippen molar-refractivity contribution in [2.75, 3.05) is 13.7 Å². The highest BCUT2D eigenvalue weighted by molar-refractivity contribution is 6.00. The molecule has 1 saturated heterocycles. The number of hydrogen-bond acceptors (Lipinski definition) is 5. The van der Waals surface area contributed by atoms with Gasteiger partial charge in [0.05, 0.1) is 6.61 Å². The van der Waals surface area contributed by atoms with Crippen molar-refractivity contribution in [2.45, 2.75) is 45.1 Å². The van der Waals surface area contributed by atoms with Gasteiger partial charge in [-0.15, -0.1) is 0 Å². The predicted molar refractivity (Wildman–Crippen MR) is 62.4 cm³/mol. The van der Waals surface area contributed by atoms with Crippen LogP contribution in [0, 0.1) is 0 Å². The molecule has 6 nitrogen and oxygen atoms in total. The maximum atomic E-state index is 11.8. The summed E-state index contributed by atoms with van der Waals surface area (Å²) in [6.07, 6.45) is 1.41. The number of hydrogen-bond donors (Lipinski definition) is 0. The van der Waals surface area contributed by atoms with Gasteiger partial charge in [0.2, 0.25) is 0 Å². The maximum Gasteiger partial charge on any atom is 0.254 e. The van der Waals surface area contributed by atoms with Crippen LogP contribution in [-0.2, 0) is 24.0 Å². The molecular weight excluding hydrogens is 238 g/mol. The smallest absolute Gasteiger partial charge is 0.254 e. The number of ether oxygens (including phenoxy) is 1. The molecule has 0 saturated carbocycles. The summed E-state index contributed by atoms with van der Waals surface area (Å²) < 4.78 is 4.89. The highest BCUT2D eigenvalue weighted by Gasteiger charge is 2.34. The summed E-state index contributed by atoms with van der Waals surface area (Å²) in [7, 11) is 1.44. The Hall–Kier alpha value is -1.27. The topological polar surface area (TPSA) is 72.9 Å². The highest BCUT2D eigenvalue weighted by Crippen LogP contribution is 2.15. The van der Waals surface area contributed by atoms with Gasteiger partial charge in [0.15, 0.2) is 11.9 Å². The number of imide groups is 1. The molecule has 1 aliphatic heterocycles. The fourth-order valence-corrected chi connectivity index (χ4v) is 1.65. The molecule has 18 heavy (non-hydrogen) atoms. The molecular formula is C12H19NO5. The van der Waals surface area contributed by atoms with Gasteiger partial charge in [0.25, 0.3) is 11.8 Å². The number of nitrogens with zero attached hydrogens (tertiary/aromatic N) is 1. The summed E-state index contributed by atoms with van der Waals surface area (Å²) in [5.41, 5.74) is 0. The number of Topliss-reactive ketones (excluding diaryl/α,β-unsaturated/α-hetero) is 1. The number of amides is 2. The molecule has 0 aromatic carbocycles. The minimum atomic E-state index is -0.882. The third-order valence-corrected chi connectivity index (χ3v) is 2.69. The Morgan fingerprint density at radius 1 is 1.33 bits per heavy atom. The van der Waals surface area contributed by atoms with Crippen LogP contribution in [0.15, 0.2) is 0 Å². The molecule has 1 unspecified atom stereocenters. The van der Waals surface area contributed by atoms with E-state index >= 15 is 0 Å². The maximum absolute atomic E-state index is 11.8. The van der Waals surface area contributed by atoms with Crippen molar-refractivity contribution < 1.29 is 24.0 Å². The Kier molecular flexibility index (Phi) is 5.94. The van der Waals surface area contributed by atoms with Gasteiger partial charge in [0, 0.05) is 26.4 Å². The lowest BCUT2D eigenvalue weighted by atomic mass is 10.1. The van der Waals surface area contributed by atoms with Crippen LogP contribution >= 0.6 is 0 Å². The first-order chi connectivity index (χ1) is 8.60. The van der Waals surface area contributed by atoms with Crippen molar-refractivity contribution in [1.82, 2.24) is 5.06 Å². The summed E-state index contributed by atoms with van der Waals surface area (Å²) >= 11 is 0. The lowest BCUT2D eigenvalue weighted by Gasteiger charge is -2.20. The van der Waals surface area contributed by atoms with E-state index in [2.05, 4.69) is 0 Å². The van der Waals surface area contributed by atoms with Gasteiger partial charge in [-0.3, -0.25) is 14.4 Å². The van der Waals surface area contributed by atoms with E-state index in [1.807, 2.05) is 6.92 Å². The molecule has 0 bridgehead atoms. The van der Waals surface area contributed by atoms with Crippen molar-refractivity contribution in [2.24, 2.45) is 0 Å². The van der Waals surface area contributed by atoms with Gasteiger partial charge in [-0.25, -0.2) is 4.84 Å². The Morgan fingerprint density at radius 3 is 2.44 bits per heavy atom.